The van der Waals surface area contributed by atoms with Crippen molar-refractivity contribution in [3.63, 3.8) is 0 Å². The van der Waals surface area contributed by atoms with Gasteiger partial charge in [0.2, 0.25) is 10.0 Å². The Labute approximate surface area is 124 Å². The van der Waals surface area contributed by atoms with Crippen LogP contribution in [0.25, 0.3) is 0 Å². The lowest BCUT2D eigenvalue weighted by Gasteiger charge is -2.31. The fourth-order valence-corrected chi connectivity index (χ4v) is 4.84. The number of methoxy groups -OCH3 is 1. The Balaban J connectivity index is 2.40. The van der Waals surface area contributed by atoms with Crippen LogP contribution in [-0.4, -0.2) is 39.0 Å². The van der Waals surface area contributed by atoms with E-state index in [1.807, 2.05) is 0 Å². The maximum absolute atomic E-state index is 13.8. The maximum atomic E-state index is 13.8. The average Bonchev–Trinajstić information content (AvgIpc) is 2.37. The highest BCUT2D eigenvalue weighted by Gasteiger charge is 2.34. The summed E-state index contributed by atoms with van der Waals surface area (Å²) < 4.78 is 58.1. The maximum Gasteiger partial charge on any atom is 0.247 e. The molecule has 1 aliphatic rings. The summed E-state index contributed by atoms with van der Waals surface area (Å²) in [6.45, 7) is 0.466. The van der Waals surface area contributed by atoms with Crippen LogP contribution in [0.3, 0.4) is 0 Å². The molecule has 1 fully saturated rings. The summed E-state index contributed by atoms with van der Waals surface area (Å²) >= 11 is 2.92. The fraction of sp³-hybridized carbons (Fsp3) is 0.500. The molecule has 0 bridgehead atoms. The Bertz CT molecular complexity index is 586. The van der Waals surface area contributed by atoms with Gasteiger partial charge >= 0.3 is 0 Å². The summed E-state index contributed by atoms with van der Waals surface area (Å²) in [5.74, 6) is -1.93. The van der Waals surface area contributed by atoms with Gasteiger partial charge in [-0.3, -0.25) is 0 Å². The topological polar surface area (TPSA) is 46.6 Å². The van der Waals surface area contributed by atoms with Gasteiger partial charge in [-0.15, -0.1) is 0 Å². The molecule has 0 aromatic heterocycles. The van der Waals surface area contributed by atoms with E-state index in [0.29, 0.717) is 19.0 Å². The summed E-state index contributed by atoms with van der Waals surface area (Å²) in [6.07, 6.45) is 1.19. The van der Waals surface area contributed by atoms with E-state index in [1.54, 1.807) is 0 Å². The van der Waals surface area contributed by atoms with Crippen molar-refractivity contribution in [1.29, 1.82) is 0 Å². The monoisotopic (exact) mass is 369 g/mol. The van der Waals surface area contributed by atoms with Crippen LogP contribution in [0.5, 0.6) is 0 Å². The molecular weight excluding hydrogens is 356 g/mol. The quantitative estimate of drug-likeness (QED) is 0.822. The molecule has 4 nitrogen and oxygen atoms in total. The lowest BCUT2D eigenvalue weighted by atomic mass is 10.1. The standard InChI is InChI=1S/C12H14BrF2NO3S/c1-19-9-3-2-4-16(7-9)20(17,18)12-10(13)5-8(14)6-11(12)15/h5-6,9H,2-4,7H2,1H3. The molecule has 1 aromatic rings. The molecule has 8 heteroatoms. The zero-order valence-electron chi connectivity index (χ0n) is 10.8. The van der Waals surface area contributed by atoms with E-state index >= 15 is 0 Å². The highest BCUT2D eigenvalue weighted by Crippen LogP contribution is 2.30. The van der Waals surface area contributed by atoms with Crippen molar-refractivity contribution in [3.05, 3.63) is 28.2 Å². The number of halogens is 3. The first-order valence-electron chi connectivity index (χ1n) is 6.03. The molecule has 0 radical (unpaired) electrons. The first-order chi connectivity index (χ1) is 9.36. The van der Waals surface area contributed by atoms with Gasteiger partial charge in [0.1, 0.15) is 16.5 Å². The molecule has 1 atom stereocenters. The smallest absolute Gasteiger partial charge is 0.247 e. The van der Waals surface area contributed by atoms with Crippen molar-refractivity contribution in [2.75, 3.05) is 20.2 Å². The van der Waals surface area contributed by atoms with Gasteiger partial charge in [0.25, 0.3) is 0 Å². The third-order valence-corrected chi connectivity index (χ3v) is 6.07. The van der Waals surface area contributed by atoms with Crippen molar-refractivity contribution in [2.24, 2.45) is 0 Å². The van der Waals surface area contributed by atoms with Crippen molar-refractivity contribution in [3.8, 4) is 0 Å². The Morgan fingerprint density at radius 2 is 2.10 bits per heavy atom. The molecule has 2 rings (SSSR count). The number of benzene rings is 1. The second kappa shape index (κ2) is 6.05. The second-order valence-electron chi connectivity index (χ2n) is 4.56. The van der Waals surface area contributed by atoms with Gasteiger partial charge < -0.3 is 4.74 Å². The van der Waals surface area contributed by atoms with Gasteiger partial charge in [-0.1, -0.05) is 0 Å². The molecule has 1 heterocycles. The van der Waals surface area contributed by atoms with Crippen LogP contribution in [0.1, 0.15) is 12.8 Å². The average molecular weight is 370 g/mol. The van der Waals surface area contributed by atoms with Crippen molar-refractivity contribution in [1.82, 2.24) is 4.31 Å². The SMILES string of the molecule is COC1CCCN(S(=O)(=O)c2c(F)cc(F)cc2Br)C1. The van der Waals surface area contributed by atoms with Gasteiger partial charge in [-0.25, -0.2) is 17.2 Å². The van der Waals surface area contributed by atoms with Gasteiger partial charge in [-0.05, 0) is 34.8 Å². The third-order valence-electron chi connectivity index (χ3n) is 3.24. The zero-order chi connectivity index (χ0) is 14.9. The summed E-state index contributed by atoms with van der Waals surface area (Å²) in [5, 5.41) is 0. The first-order valence-corrected chi connectivity index (χ1v) is 8.27. The van der Waals surface area contributed by atoms with E-state index in [9.17, 15) is 17.2 Å². The summed E-state index contributed by atoms with van der Waals surface area (Å²) in [4.78, 5) is -0.532. The predicted octanol–water partition coefficient (Wildman–Crippen LogP) is 2.53. The van der Waals surface area contributed by atoms with Crippen molar-refractivity contribution >= 4 is 26.0 Å². The highest BCUT2D eigenvalue weighted by atomic mass is 79.9. The number of rotatable bonds is 3. The minimum atomic E-state index is -4.02. The molecule has 1 unspecified atom stereocenters. The fourth-order valence-electron chi connectivity index (χ4n) is 2.22. The Kier molecular flexibility index (Phi) is 4.78. The van der Waals surface area contributed by atoms with E-state index in [0.717, 1.165) is 12.5 Å². The molecule has 0 amide bonds. The van der Waals surface area contributed by atoms with Crippen molar-refractivity contribution in [2.45, 2.75) is 23.8 Å². The zero-order valence-corrected chi connectivity index (χ0v) is 13.2. The molecule has 0 N–H and O–H groups in total. The number of piperidine rings is 1. The van der Waals surface area contributed by atoms with E-state index in [2.05, 4.69) is 15.9 Å². The van der Waals surface area contributed by atoms with Crippen LogP contribution in [0.2, 0.25) is 0 Å². The Morgan fingerprint density at radius 1 is 1.40 bits per heavy atom. The molecule has 0 saturated carbocycles. The third kappa shape index (κ3) is 3.03. The lowest BCUT2D eigenvalue weighted by Crippen LogP contribution is -2.43. The summed E-state index contributed by atoms with van der Waals surface area (Å²) in [5.41, 5.74) is 0. The van der Waals surface area contributed by atoms with Gasteiger partial charge in [0.05, 0.1) is 6.10 Å². The van der Waals surface area contributed by atoms with Crippen LogP contribution in [0.4, 0.5) is 8.78 Å². The number of hydrogen-bond donors (Lipinski definition) is 0. The predicted molar refractivity (Wildman–Crippen MR) is 72.8 cm³/mol. The largest absolute Gasteiger partial charge is 0.380 e. The van der Waals surface area contributed by atoms with E-state index in [-0.39, 0.29) is 17.1 Å². The molecule has 0 aliphatic carbocycles. The van der Waals surface area contributed by atoms with E-state index in [4.69, 9.17) is 4.74 Å². The minimum absolute atomic E-state index is 0.116. The molecule has 112 valence electrons. The van der Waals surface area contributed by atoms with Gasteiger partial charge in [0, 0.05) is 30.7 Å². The number of hydrogen-bond acceptors (Lipinski definition) is 3. The lowest BCUT2D eigenvalue weighted by molar-refractivity contribution is 0.0571. The van der Waals surface area contributed by atoms with Crippen LogP contribution < -0.4 is 0 Å². The Morgan fingerprint density at radius 3 is 2.70 bits per heavy atom. The van der Waals surface area contributed by atoms with E-state index in [1.165, 1.54) is 11.4 Å². The first kappa shape index (κ1) is 15.8. The van der Waals surface area contributed by atoms with Crippen molar-refractivity contribution < 1.29 is 21.9 Å². The van der Waals surface area contributed by atoms with E-state index < -0.39 is 26.6 Å². The van der Waals surface area contributed by atoms with Gasteiger partial charge in [-0.2, -0.15) is 4.31 Å². The molecule has 0 spiro atoms. The van der Waals surface area contributed by atoms with Crippen LogP contribution in [0, 0.1) is 11.6 Å². The molecule has 20 heavy (non-hydrogen) atoms. The normalized spacial score (nSPS) is 21.1. The Hall–Kier alpha value is -0.570. The summed E-state index contributed by atoms with van der Waals surface area (Å²) in [7, 11) is -2.51. The summed E-state index contributed by atoms with van der Waals surface area (Å²) in [6, 6.07) is 1.50. The van der Waals surface area contributed by atoms with Crippen LogP contribution in [-0.2, 0) is 14.8 Å². The van der Waals surface area contributed by atoms with Crippen LogP contribution in [0.15, 0.2) is 21.5 Å². The van der Waals surface area contributed by atoms with Crippen LogP contribution >= 0.6 is 15.9 Å². The molecular formula is C12H14BrF2NO3S. The second-order valence-corrected chi connectivity index (χ2v) is 7.29. The molecule has 1 aromatic carbocycles. The molecule has 1 aliphatic heterocycles. The minimum Gasteiger partial charge on any atom is -0.380 e. The van der Waals surface area contributed by atoms with Gasteiger partial charge in [0.15, 0.2) is 0 Å². The number of ether oxygens (including phenoxy) is 1. The number of sulfonamides is 1. The number of nitrogens with zero attached hydrogens (tertiary/aromatic N) is 1. The molecule has 1 saturated heterocycles. The highest BCUT2D eigenvalue weighted by molar-refractivity contribution is 9.10.